The fourth-order valence-electron chi connectivity index (χ4n) is 1.10. The summed E-state index contributed by atoms with van der Waals surface area (Å²) in [5.41, 5.74) is 1.92. The van der Waals surface area contributed by atoms with Crippen LogP contribution in [0.2, 0.25) is 0 Å². The Balaban J connectivity index is 2.44. The van der Waals surface area contributed by atoms with Gasteiger partial charge in [-0.2, -0.15) is 0 Å². The topological polar surface area (TPSA) is 25.8 Å². The third kappa shape index (κ3) is 2.19. The van der Waals surface area contributed by atoms with Crippen molar-refractivity contribution in [2.75, 3.05) is 0 Å². The maximum Gasteiger partial charge on any atom is 0.125 e. The van der Waals surface area contributed by atoms with Gasteiger partial charge in [0.2, 0.25) is 0 Å². The van der Waals surface area contributed by atoms with Gasteiger partial charge in [0.1, 0.15) is 4.60 Å². The number of benzene rings is 1. The molecule has 1 heterocycles. The highest BCUT2D eigenvalue weighted by molar-refractivity contribution is 9.10. The number of rotatable bonds is 1. The van der Waals surface area contributed by atoms with Crippen molar-refractivity contribution in [1.82, 2.24) is 9.97 Å². The van der Waals surface area contributed by atoms with Gasteiger partial charge >= 0.3 is 0 Å². The fraction of sp³-hybridized carbons (Fsp3) is 0. The molecule has 0 atom stereocenters. The van der Waals surface area contributed by atoms with Gasteiger partial charge in [-0.1, -0.05) is 28.1 Å². The molecular formula is C10H6Br2N2. The minimum atomic E-state index is 0.748. The summed E-state index contributed by atoms with van der Waals surface area (Å²) in [6.07, 6.45) is 3.41. The van der Waals surface area contributed by atoms with Crippen LogP contribution in [0.1, 0.15) is 0 Å². The molecule has 0 aliphatic carbocycles. The van der Waals surface area contributed by atoms with Crippen LogP contribution in [0.25, 0.3) is 11.3 Å². The van der Waals surface area contributed by atoms with E-state index >= 15 is 0 Å². The highest BCUT2D eigenvalue weighted by atomic mass is 79.9. The quantitative estimate of drug-likeness (QED) is 0.803. The van der Waals surface area contributed by atoms with Crippen LogP contribution in [0.3, 0.4) is 0 Å². The van der Waals surface area contributed by atoms with Crippen LogP contribution < -0.4 is 0 Å². The van der Waals surface area contributed by atoms with Crippen LogP contribution in [-0.2, 0) is 0 Å². The van der Waals surface area contributed by atoms with E-state index in [0.717, 1.165) is 20.3 Å². The lowest BCUT2D eigenvalue weighted by Crippen LogP contribution is -1.85. The molecule has 0 bridgehead atoms. The molecule has 0 saturated heterocycles. The molecule has 0 N–H and O–H groups in total. The van der Waals surface area contributed by atoms with Gasteiger partial charge in [0.05, 0.1) is 18.1 Å². The molecule has 0 saturated carbocycles. The summed E-state index contributed by atoms with van der Waals surface area (Å²) in [7, 11) is 0. The molecule has 0 spiro atoms. The van der Waals surface area contributed by atoms with Crippen LogP contribution in [0.15, 0.2) is 45.7 Å². The van der Waals surface area contributed by atoms with Gasteiger partial charge in [-0.25, -0.2) is 4.98 Å². The SMILES string of the molecule is Brc1ccc(-c2cncc(Br)n2)cc1. The van der Waals surface area contributed by atoms with E-state index in [4.69, 9.17) is 0 Å². The van der Waals surface area contributed by atoms with Crippen LogP contribution in [-0.4, -0.2) is 9.97 Å². The van der Waals surface area contributed by atoms with E-state index in [2.05, 4.69) is 41.8 Å². The van der Waals surface area contributed by atoms with E-state index < -0.39 is 0 Å². The summed E-state index contributed by atoms with van der Waals surface area (Å²) >= 11 is 6.68. The van der Waals surface area contributed by atoms with Crippen molar-refractivity contribution in [3.8, 4) is 11.3 Å². The molecule has 2 nitrogen and oxygen atoms in total. The molecule has 4 heteroatoms. The van der Waals surface area contributed by atoms with Crippen molar-refractivity contribution < 1.29 is 0 Å². The number of nitrogens with zero attached hydrogens (tertiary/aromatic N) is 2. The molecule has 70 valence electrons. The molecule has 2 aromatic rings. The lowest BCUT2D eigenvalue weighted by molar-refractivity contribution is 1.17. The second-order valence-corrected chi connectivity index (χ2v) is 4.46. The van der Waals surface area contributed by atoms with Crippen molar-refractivity contribution in [3.05, 3.63) is 45.7 Å². The summed E-state index contributed by atoms with van der Waals surface area (Å²) in [6.45, 7) is 0. The van der Waals surface area contributed by atoms with Crippen molar-refractivity contribution in [2.45, 2.75) is 0 Å². The second kappa shape index (κ2) is 4.19. The Morgan fingerprint density at radius 2 is 1.64 bits per heavy atom. The number of halogens is 2. The van der Waals surface area contributed by atoms with Crippen LogP contribution in [0.5, 0.6) is 0 Å². The lowest BCUT2D eigenvalue weighted by atomic mass is 10.2. The third-order valence-electron chi connectivity index (χ3n) is 1.75. The van der Waals surface area contributed by atoms with Gasteiger partial charge < -0.3 is 0 Å². The van der Waals surface area contributed by atoms with Crippen LogP contribution in [0, 0.1) is 0 Å². The first-order chi connectivity index (χ1) is 6.75. The molecule has 0 radical (unpaired) electrons. The second-order valence-electron chi connectivity index (χ2n) is 2.73. The van der Waals surface area contributed by atoms with E-state index in [1.54, 1.807) is 12.4 Å². The maximum absolute atomic E-state index is 4.31. The molecule has 0 fully saturated rings. The molecule has 0 unspecified atom stereocenters. The minimum absolute atomic E-state index is 0.748. The Morgan fingerprint density at radius 1 is 0.929 bits per heavy atom. The van der Waals surface area contributed by atoms with Crippen molar-refractivity contribution in [1.29, 1.82) is 0 Å². The van der Waals surface area contributed by atoms with Crippen molar-refractivity contribution >= 4 is 31.9 Å². The lowest BCUT2D eigenvalue weighted by Gasteiger charge is -2.00. The third-order valence-corrected chi connectivity index (χ3v) is 2.66. The Kier molecular flexibility index (Phi) is 2.93. The summed E-state index contributed by atoms with van der Waals surface area (Å²) in [6, 6.07) is 7.97. The Labute approximate surface area is 98.7 Å². The van der Waals surface area contributed by atoms with Crippen molar-refractivity contribution in [3.63, 3.8) is 0 Å². The van der Waals surface area contributed by atoms with Gasteiger partial charge in [-0.3, -0.25) is 4.98 Å². The zero-order valence-electron chi connectivity index (χ0n) is 7.11. The zero-order chi connectivity index (χ0) is 9.97. The van der Waals surface area contributed by atoms with E-state index in [1.165, 1.54) is 0 Å². The molecule has 14 heavy (non-hydrogen) atoms. The van der Waals surface area contributed by atoms with Gasteiger partial charge in [0, 0.05) is 10.0 Å². The molecule has 0 amide bonds. The zero-order valence-corrected chi connectivity index (χ0v) is 10.3. The molecular weight excluding hydrogens is 308 g/mol. The first kappa shape index (κ1) is 9.80. The monoisotopic (exact) mass is 312 g/mol. The molecule has 1 aromatic carbocycles. The Morgan fingerprint density at radius 3 is 2.29 bits per heavy atom. The van der Waals surface area contributed by atoms with Gasteiger partial charge in [0.15, 0.2) is 0 Å². The van der Waals surface area contributed by atoms with Gasteiger partial charge in [-0.15, -0.1) is 0 Å². The Hall–Kier alpha value is -0.740. The molecule has 0 aliphatic heterocycles. The average Bonchev–Trinajstić information content (AvgIpc) is 2.19. The minimum Gasteiger partial charge on any atom is -0.260 e. The first-order valence-corrected chi connectivity index (χ1v) is 5.58. The highest BCUT2D eigenvalue weighted by Crippen LogP contribution is 2.20. The maximum atomic E-state index is 4.31. The summed E-state index contributed by atoms with van der Waals surface area (Å²) < 4.78 is 1.81. The van der Waals surface area contributed by atoms with E-state index in [-0.39, 0.29) is 0 Å². The average molecular weight is 314 g/mol. The predicted molar refractivity (Wildman–Crippen MR) is 62.9 cm³/mol. The number of aromatic nitrogens is 2. The van der Waals surface area contributed by atoms with E-state index in [0.29, 0.717) is 0 Å². The number of hydrogen-bond acceptors (Lipinski definition) is 2. The van der Waals surface area contributed by atoms with Gasteiger partial charge in [-0.05, 0) is 28.1 Å². The predicted octanol–water partition coefficient (Wildman–Crippen LogP) is 3.67. The largest absolute Gasteiger partial charge is 0.260 e. The molecule has 1 aromatic heterocycles. The first-order valence-electron chi connectivity index (χ1n) is 3.99. The smallest absolute Gasteiger partial charge is 0.125 e. The standard InChI is InChI=1S/C10H6Br2N2/c11-8-3-1-7(2-4-8)9-5-13-6-10(12)14-9/h1-6H. The highest BCUT2D eigenvalue weighted by Gasteiger charge is 1.99. The Bertz CT molecular complexity index is 440. The van der Waals surface area contributed by atoms with Crippen LogP contribution in [0.4, 0.5) is 0 Å². The molecule has 2 rings (SSSR count). The van der Waals surface area contributed by atoms with Crippen LogP contribution >= 0.6 is 31.9 Å². The normalized spacial score (nSPS) is 10.1. The summed E-state index contributed by atoms with van der Waals surface area (Å²) in [5, 5.41) is 0. The summed E-state index contributed by atoms with van der Waals surface area (Å²) in [5.74, 6) is 0. The van der Waals surface area contributed by atoms with Gasteiger partial charge in [0.25, 0.3) is 0 Å². The molecule has 0 aliphatic rings. The number of hydrogen-bond donors (Lipinski definition) is 0. The van der Waals surface area contributed by atoms with E-state index in [1.807, 2.05) is 24.3 Å². The van der Waals surface area contributed by atoms with Crippen molar-refractivity contribution in [2.24, 2.45) is 0 Å². The van der Waals surface area contributed by atoms with E-state index in [9.17, 15) is 0 Å². The fourth-order valence-corrected chi connectivity index (χ4v) is 1.68. The summed E-state index contributed by atoms with van der Waals surface area (Å²) in [4.78, 5) is 8.37.